The smallest absolute Gasteiger partial charge is 0.319 e. The van der Waals surface area contributed by atoms with E-state index in [1.54, 1.807) is 31.2 Å². The van der Waals surface area contributed by atoms with Crippen LogP contribution in [-0.2, 0) is 21.6 Å². The zero-order chi connectivity index (χ0) is 20.0. The normalized spacial score (nSPS) is 14.0. The average Bonchev–Trinajstić information content (AvgIpc) is 2.77. The lowest BCUT2D eigenvalue weighted by Crippen LogP contribution is -2.40. The molecule has 0 heterocycles. The highest BCUT2D eigenvalue weighted by Crippen LogP contribution is 2.38. The van der Waals surface area contributed by atoms with Gasteiger partial charge in [-0.2, -0.15) is 0 Å². The molecule has 0 saturated heterocycles. The van der Waals surface area contributed by atoms with Gasteiger partial charge in [0.05, 0.1) is 13.2 Å². The maximum atomic E-state index is 12.6. The molecule has 4 heteroatoms. The highest BCUT2D eigenvalue weighted by Gasteiger charge is 2.44. The number of carbonyl (C=O) groups excluding carboxylic acids is 1. The summed E-state index contributed by atoms with van der Waals surface area (Å²) in [6, 6.07) is 26.2. The average molecular weight is 376 g/mol. The molecule has 0 aromatic heterocycles. The Labute approximate surface area is 165 Å². The summed E-state index contributed by atoms with van der Waals surface area (Å²) in [4.78, 5) is 12.6. The summed E-state index contributed by atoms with van der Waals surface area (Å²) in [5, 5.41) is 11.1. The summed E-state index contributed by atoms with van der Waals surface area (Å²) >= 11 is 0. The number of aliphatic hydroxyl groups is 1. The molecule has 3 rings (SSSR count). The molecule has 0 unspecified atom stereocenters. The van der Waals surface area contributed by atoms with Gasteiger partial charge >= 0.3 is 5.97 Å². The van der Waals surface area contributed by atoms with E-state index in [-0.39, 0.29) is 0 Å². The van der Waals surface area contributed by atoms with Crippen LogP contribution in [0.3, 0.4) is 0 Å². The molecule has 0 fully saturated rings. The van der Waals surface area contributed by atoms with Crippen molar-refractivity contribution in [2.45, 2.75) is 25.0 Å². The van der Waals surface area contributed by atoms with Crippen LogP contribution in [0.25, 0.3) is 0 Å². The van der Waals surface area contributed by atoms with Crippen molar-refractivity contribution in [3.8, 4) is 5.75 Å². The molecule has 0 spiro atoms. The standard InChI is InChI=1S/C24H24O4/c1-24(23(26)27-2,20-11-7-4-8-12-20)22(25)19-13-15-21(16-14-19)28-17-18-9-5-3-6-10-18/h3-16,22,25H,17H2,1-2H3/t22-,24-/m1/s1. The number of rotatable bonds is 7. The van der Waals surface area contributed by atoms with Crippen molar-refractivity contribution in [1.82, 2.24) is 0 Å². The third-order valence-corrected chi connectivity index (χ3v) is 4.97. The Kier molecular flexibility index (Phi) is 6.12. The van der Waals surface area contributed by atoms with Crippen molar-refractivity contribution < 1.29 is 19.4 Å². The van der Waals surface area contributed by atoms with Gasteiger partial charge in [-0.15, -0.1) is 0 Å². The Morgan fingerprint density at radius 1 is 0.929 bits per heavy atom. The van der Waals surface area contributed by atoms with E-state index in [4.69, 9.17) is 9.47 Å². The highest BCUT2D eigenvalue weighted by atomic mass is 16.5. The minimum atomic E-state index is -1.22. The Morgan fingerprint density at radius 3 is 2.07 bits per heavy atom. The van der Waals surface area contributed by atoms with Gasteiger partial charge in [-0.05, 0) is 35.7 Å². The van der Waals surface area contributed by atoms with Crippen molar-refractivity contribution >= 4 is 5.97 Å². The van der Waals surface area contributed by atoms with Crippen molar-refractivity contribution in [1.29, 1.82) is 0 Å². The van der Waals surface area contributed by atoms with Crippen molar-refractivity contribution in [3.05, 3.63) is 102 Å². The predicted molar refractivity (Wildman–Crippen MR) is 108 cm³/mol. The van der Waals surface area contributed by atoms with Gasteiger partial charge in [-0.1, -0.05) is 72.8 Å². The number of esters is 1. The molecule has 0 bridgehead atoms. The van der Waals surface area contributed by atoms with Gasteiger partial charge in [0.25, 0.3) is 0 Å². The topological polar surface area (TPSA) is 55.8 Å². The molecule has 2 atom stereocenters. The number of carbonyl (C=O) groups is 1. The number of methoxy groups -OCH3 is 1. The molecule has 0 amide bonds. The fourth-order valence-corrected chi connectivity index (χ4v) is 3.20. The van der Waals surface area contributed by atoms with E-state index in [9.17, 15) is 9.90 Å². The van der Waals surface area contributed by atoms with Crippen LogP contribution < -0.4 is 4.74 Å². The van der Waals surface area contributed by atoms with Crippen molar-refractivity contribution in [2.24, 2.45) is 0 Å². The monoisotopic (exact) mass is 376 g/mol. The zero-order valence-electron chi connectivity index (χ0n) is 16.0. The molecule has 0 radical (unpaired) electrons. The number of aliphatic hydroxyl groups excluding tert-OH is 1. The number of hydrogen-bond acceptors (Lipinski definition) is 4. The molecule has 3 aromatic rings. The van der Waals surface area contributed by atoms with Crippen LogP contribution in [0.15, 0.2) is 84.9 Å². The highest BCUT2D eigenvalue weighted by molar-refractivity contribution is 5.83. The molecule has 3 aromatic carbocycles. The Hall–Kier alpha value is -3.11. The van der Waals surface area contributed by atoms with Crippen molar-refractivity contribution in [2.75, 3.05) is 7.11 Å². The molecule has 28 heavy (non-hydrogen) atoms. The second-order valence-electron chi connectivity index (χ2n) is 6.81. The third kappa shape index (κ3) is 4.07. The van der Waals surface area contributed by atoms with Gasteiger partial charge in [0, 0.05) is 0 Å². The van der Waals surface area contributed by atoms with Crippen LogP contribution in [0.2, 0.25) is 0 Å². The maximum Gasteiger partial charge on any atom is 0.319 e. The third-order valence-electron chi connectivity index (χ3n) is 4.97. The van der Waals surface area contributed by atoms with Crippen LogP contribution in [-0.4, -0.2) is 18.2 Å². The number of ether oxygens (including phenoxy) is 2. The Morgan fingerprint density at radius 2 is 1.50 bits per heavy atom. The van der Waals surface area contributed by atoms with Gasteiger partial charge < -0.3 is 14.6 Å². The Balaban J connectivity index is 1.80. The quantitative estimate of drug-likeness (QED) is 0.620. The molecule has 1 N–H and O–H groups in total. The second kappa shape index (κ2) is 8.72. The van der Waals surface area contributed by atoms with Crippen molar-refractivity contribution in [3.63, 3.8) is 0 Å². The lowest BCUT2D eigenvalue weighted by molar-refractivity contribution is -0.152. The van der Waals surface area contributed by atoms with E-state index >= 15 is 0 Å². The lowest BCUT2D eigenvalue weighted by Gasteiger charge is -2.32. The SMILES string of the molecule is COC(=O)[C@](C)(c1ccccc1)[C@H](O)c1ccc(OCc2ccccc2)cc1. The maximum absolute atomic E-state index is 12.6. The lowest BCUT2D eigenvalue weighted by atomic mass is 9.75. The summed E-state index contributed by atoms with van der Waals surface area (Å²) in [5.41, 5.74) is 1.17. The summed E-state index contributed by atoms with van der Waals surface area (Å²) < 4.78 is 10.8. The summed E-state index contributed by atoms with van der Waals surface area (Å²) in [7, 11) is 1.33. The molecule has 4 nitrogen and oxygen atoms in total. The fourth-order valence-electron chi connectivity index (χ4n) is 3.20. The van der Waals surface area contributed by atoms with E-state index < -0.39 is 17.5 Å². The minimum absolute atomic E-state index is 0.465. The largest absolute Gasteiger partial charge is 0.489 e. The molecule has 0 aliphatic heterocycles. The summed E-state index contributed by atoms with van der Waals surface area (Å²) in [5.74, 6) is 0.204. The molecule has 0 saturated carbocycles. The number of hydrogen-bond donors (Lipinski definition) is 1. The first-order chi connectivity index (χ1) is 13.6. The molecule has 0 aliphatic rings. The fraction of sp³-hybridized carbons (Fsp3) is 0.208. The van der Waals surface area contributed by atoms with E-state index in [2.05, 4.69) is 0 Å². The van der Waals surface area contributed by atoms with Crippen LogP contribution in [0.4, 0.5) is 0 Å². The van der Waals surface area contributed by atoms with Crippen LogP contribution in [0, 0.1) is 0 Å². The number of benzene rings is 3. The van der Waals surface area contributed by atoms with Gasteiger partial charge in [-0.3, -0.25) is 4.79 Å². The van der Waals surface area contributed by atoms with Gasteiger partial charge in [0.1, 0.15) is 17.8 Å². The van der Waals surface area contributed by atoms with Gasteiger partial charge in [-0.25, -0.2) is 0 Å². The summed E-state index contributed by atoms with van der Waals surface area (Å²) in [6.07, 6.45) is -1.06. The van der Waals surface area contributed by atoms with E-state index in [1.165, 1.54) is 7.11 Å². The molecular formula is C24H24O4. The zero-order valence-corrected chi connectivity index (χ0v) is 16.0. The molecular weight excluding hydrogens is 352 g/mol. The minimum Gasteiger partial charge on any atom is -0.489 e. The molecule has 144 valence electrons. The van der Waals surface area contributed by atoms with E-state index in [0.717, 1.165) is 5.56 Å². The molecule has 0 aliphatic carbocycles. The predicted octanol–water partition coefficient (Wildman–Crippen LogP) is 4.43. The van der Waals surface area contributed by atoms with Gasteiger partial charge in [0.2, 0.25) is 0 Å². The van der Waals surface area contributed by atoms with Crippen LogP contribution in [0.5, 0.6) is 5.75 Å². The van der Waals surface area contributed by atoms with Crippen LogP contribution in [0.1, 0.15) is 29.7 Å². The first-order valence-electron chi connectivity index (χ1n) is 9.14. The Bertz CT molecular complexity index is 891. The first-order valence-corrected chi connectivity index (χ1v) is 9.14. The van der Waals surface area contributed by atoms with E-state index in [0.29, 0.717) is 23.5 Å². The second-order valence-corrected chi connectivity index (χ2v) is 6.81. The summed E-state index contributed by atoms with van der Waals surface area (Å²) in [6.45, 7) is 2.16. The van der Waals surface area contributed by atoms with E-state index in [1.807, 2.05) is 60.7 Å². The van der Waals surface area contributed by atoms with Crippen LogP contribution >= 0.6 is 0 Å². The first kappa shape index (κ1) is 19.6. The van der Waals surface area contributed by atoms with Gasteiger partial charge in [0.15, 0.2) is 0 Å².